The van der Waals surface area contributed by atoms with E-state index in [1.807, 2.05) is 6.07 Å². The van der Waals surface area contributed by atoms with E-state index in [2.05, 4.69) is 5.32 Å². The highest BCUT2D eigenvalue weighted by Crippen LogP contribution is 2.19. The number of ketones is 2. The molecule has 32 heavy (non-hydrogen) atoms. The molecule has 0 heterocycles. The molecule has 0 aliphatic carbocycles. The smallest absolute Gasteiger partial charge is 0.217 e. The number of phenolic OH excluding ortho intramolecular Hbond substituents is 1. The Morgan fingerprint density at radius 3 is 2.34 bits per heavy atom. The molecule has 0 bridgehead atoms. The van der Waals surface area contributed by atoms with E-state index in [-0.39, 0.29) is 12.2 Å². The molecule has 0 aromatic heterocycles. The van der Waals surface area contributed by atoms with Crippen LogP contribution >= 0.6 is 0 Å². The summed E-state index contributed by atoms with van der Waals surface area (Å²) in [6.45, 7) is 1.26. The number of hydrogen-bond donors (Lipinski definition) is 4. The van der Waals surface area contributed by atoms with Gasteiger partial charge in [-0.15, -0.1) is 0 Å². The SMILES string of the molecule is CC(=O)N[C@@H](Cc1ccccc1)C(=O)C(N)(CC(N)C#N)C(=O)/C=C/c1ccc(O)cc1. The standard InChI is InChI=1S/C24H26N4O4/c1-16(29)28-21(13-18-5-3-2-4-6-18)23(32)24(27,14-19(26)15-25)22(31)12-9-17-7-10-20(30)11-8-17/h2-12,19,21,30H,13-14,26-27H2,1H3,(H,28,29)/b12-9+/t19?,21-,24?/m0/s1. The monoisotopic (exact) mass is 434 g/mol. The predicted molar refractivity (Wildman–Crippen MR) is 120 cm³/mol. The van der Waals surface area contributed by atoms with E-state index in [0.29, 0.717) is 5.56 Å². The maximum atomic E-state index is 13.5. The summed E-state index contributed by atoms with van der Waals surface area (Å²) in [6, 6.07) is 14.6. The number of phenols is 1. The Labute approximate surface area is 186 Å². The van der Waals surface area contributed by atoms with Crippen LogP contribution in [0, 0.1) is 11.3 Å². The Morgan fingerprint density at radius 1 is 1.16 bits per heavy atom. The van der Waals surface area contributed by atoms with Gasteiger partial charge in [0.15, 0.2) is 11.6 Å². The van der Waals surface area contributed by atoms with Crippen LogP contribution in [0.1, 0.15) is 24.5 Å². The van der Waals surface area contributed by atoms with E-state index < -0.39 is 41.5 Å². The van der Waals surface area contributed by atoms with E-state index in [0.717, 1.165) is 11.6 Å². The van der Waals surface area contributed by atoms with Gasteiger partial charge in [0.05, 0.1) is 18.2 Å². The molecule has 2 rings (SSSR count). The molecule has 0 spiro atoms. The van der Waals surface area contributed by atoms with Crippen molar-refractivity contribution in [3.05, 3.63) is 71.8 Å². The third-order valence-corrected chi connectivity index (χ3v) is 4.88. The van der Waals surface area contributed by atoms with Crippen molar-refractivity contribution in [1.82, 2.24) is 5.32 Å². The summed E-state index contributed by atoms with van der Waals surface area (Å²) in [6.07, 6.45) is 2.29. The summed E-state index contributed by atoms with van der Waals surface area (Å²) in [4.78, 5) is 38.3. The number of nitrogens with two attached hydrogens (primary N) is 2. The van der Waals surface area contributed by atoms with E-state index in [4.69, 9.17) is 16.7 Å². The molecular formula is C24H26N4O4. The third-order valence-electron chi connectivity index (χ3n) is 4.88. The minimum absolute atomic E-state index is 0.0656. The molecule has 0 saturated carbocycles. The zero-order valence-corrected chi connectivity index (χ0v) is 17.7. The van der Waals surface area contributed by atoms with Crippen molar-refractivity contribution in [2.45, 2.75) is 37.4 Å². The fourth-order valence-electron chi connectivity index (χ4n) is 3.24. The molecule has 2 unspecified atom stereocenters. The maximum absolute atomic E-state index is 13.5. The number of carbonyl (C=O) groups is 3. The van der Waals surface area contributed by atoms with Gasteiger partial charge in [0.1, 0.15) is 11.3 Å². The molecule has 0 aliphatic rings. The number of carbonyl (C=O) groups excluding carboxylic acids is 3. The molecular weight excluding hydrogens is 408 g/mol. The molecule has 2 aromatic rings. The van der Waals surface area contributed by atoms with Crippen molar-refractivity contribution < 1.29 is 19.5 Å². The van der Waals surface area contributed by atoms with E-state index in [1.54, 1.807) is 42.5 Å². The number of nitrogens with one attached hydrogen (secondary N) is 1. The van der Waals surface area contributed by atoms with Crippen LogP contribution in [-0.4, -0.2) is 40.2 Å². The summed E-state index contributed by atoms with van der Waals surface area (Å²) >= 11 is 0. The van der Waals surface area contributed by atoms with Crippen molar-refractivity contribution in [3.63, 3.8) is 0 Å². The topological polar surface area (TPSA) is 159 Å². The number of rotatable bonds is 10. The van der Waals surface area contributed by atoms with Crippen LogP contribution in [0.25, 0.3) is 6.08 Å². The van der Waals surface area contributed by atoms with Gasteiger partial charge >= 0.3 is 0 Å². The molecule has 3 atom stereocenters. The summed E-state index contributed by atoms with van der Waals surface area (Å²) in [7, 11) is 0. The van der Waals surface area contributed by atoms with Crippen molar-refractivity contribution in [1.29, 1.82) is 5.26 Å². The van der Waals surface area contributed by atoms with Crippen molar-refractivity contribution in [3.8, 4) is 11.8 Å². The van der Waals surface area contributed by atoms with E-state index in [9.17, 15) is 19.5 Å². The summed E-state index contributed by atoms with van der Waals surface area (Å²) in [5.74, 6) is -1.87. The molecule has 166 valence electrons. The van der Waals surface area contributed by atoms with Crippen LogP contribution in [0.3, 0.4) is 0 Å². The summed E-state index contributed by atoms with van der Waals surface area (Å²) in [5, 5.41) is 21.1. The van der Waals surface area contributed by atoms with Crippen molar-refractivity contribution >= 4 is 23.5 Å². The number of hydrogen-bond acceptors (Lipinski definition) is 7. The Balaban J connectivity index is 2.38. The Morgan fingerprint density at radius 2 is 1.78 bits per heavy atom. The lowest BCUT2D eigenvalue weighted by Crippen LogP contribution is -2.63. The quantitative estimate of drug-likeness (QED) is 0.323. The van der Waals surface area contributed by atoms with Crippen molar-refractivity contribution in [2.24, 2.45) is 11.5 Å². The first kappa shape index (κ1) is 24.5. The molecule has 8 heteroatoms. The van der Waals surface area contributed by atoms with Gasteiger partial charge in [-0.05, 0) is 35.8 Å². The lowest BCUT2D eigenvalue weighted by atomic mass is 9.79. The predicted octanol–water partition coefficient (Wildman–Crippen LogP) is 1.23. The van der Waals surface area contributed by atoms with E-state index in [1.165, 1.54) is 25.1 Å². The first-order valence-electron chi connectivity index (χ1n) is 9.96. The first-order chi connectivity index (χ1) is 15.2. The Kier molecular flexibility index (Phi) is 8.41. The van der Waals surface area contributed by atoms with Crippen LogP contribution < -0.4 is 16.8 Å². The molecule has 8 nitrogen and oxygen atoms in total. The van der Waals surface area contributed by atoms with Crippen LogP contribution in [0.2, 0.25) is 0 Å². The van der Waals surface area contributed by atoms with Crippen LogP contribution in [0.15, 0.2) is 60.7 Å². The number of nitriles is 1. The molecule has 0 aliphatic heterocycles. The minimum atomic E-state index is -2.12. The molecule has 6 N–H and O–H groups in total. The number of nitrogens with zero attached hydrogens (tertiary/aromatic N) is 1. The van der Waals surface area contributed by atoms with Gasteiger partial charge in [0.25, 0.3) is 0 Å². The second-order valence-electron chi connectivity index (χ2n) is 7.51. The fourth-order valence-corrected chi connectivity index (χ4v) is 3.24. The van der Waals surface area contributed by atoms with Crippen LogP contribution in [0.5, 0.6) is 5.75 Å². The maximum Gasteiger partial charge on any atom is 0.217 e. The number of benzene rings is 2. The van der Waals surface area contributed by atoms with Gasteiger partial charge < -0.3 is 21.9 Å². The molecule has 0 radical (unpaired) electrons. The average molecular weight is 434 g/mol. The second kappa shape index (κ2) is 11.0. The number of aromatic hydroxyl groups is 1. The molecule has 1 amide bonds. The van der Waals surface area contributed by atoms with Gasteiger partial charge in [-0.25, -0.2) is 0 Å². The molecule has 0 saturated heterocycles. The zero-order chi connectivity index (χ0) is 23.7. The van der Waals surface area contributed by atoms with Gasteiger partial charge in [-0.1, -0.05) is 48.5 Å². The molecule has 0 fully saturated rings. The second-order valence-corrected chi connectivity index (χ2v) is 7.51. The van der Waals surface area contributed by atoms with Gasteiger partial charge in [0.2, 0.25) is 5.91 Å². The number of amides is 1. The third kappa shape index (κ3) is 6.60. The molecule has 2 aromatic carbocycles. The van der Waals surface area contributed by atoms with Gasteiger partial charge in [-0.3, -0.25) is 14.4 Å². The van der Waals surface area contributed by atoms with Crippen LogP contribution in [0.4, 0.5) is 0 Å². The number of Topliss-reactive ketones (excluding diaryl/α,β-unsaturated/α-hetero) is 1. The average Bonchev–Trinajstić information content (AvgIpc) is 2.77. The zero-order valence-electron chi connectivity index (χ0n) is 17.7. The largest absolute Gasteiger partial charge is 0.508 e. The van der Waals surface area contributed by atoms with Crippen molar-refractivity contribution in [2.75, 3.05) is 0 Å². The van der Waals surface area contributed by atoms with Gasteiger partial charge in [0, 0.05) is 13.3 Å². The highest BCUT2D eigenvalue weighted by Gasteiger charge is 2.45. The Bertz CT molecular complexity index is 1030. The normalized spacial score (nSPS) is 14.7. The summed E-state index contributed by atoms with van der Waals surface area (Å²) in [5.41, 5.74) is 11.3. The summed E-state index contributed by atoms with van der Waals surface area (Å²) < 4.78 is 0. The fraction of sp³-hybridized carbons (Fsp3) is 0.250. The highest BCUT2D eigenvalue weighted by atomic mass is 16.3. The minimum Gasteiger partial charge on any atom is -0.508 e. The van der Waals surface area contributed by atoms with Crippen LogP contribution in [-0.2, 0) is 20.8 Å². The van der Waals surface area contributed by atoms with Gasteiger partial charge in [-0.2, -0.15) is 5.26 Å². The van der Waals surface area contributed by atoms with E-state index >= 15 is 0 Å². The lowest BCUT2D eigenvalue weighted by molar-refractivity contribution is -0.136. The lowest BCUT2D eigenvalue weighted by Gasteiger charge is -2.30. The Hall–Kier alpha value is -3.80. The first-order valence-corrected chi connectivity index (χ1v) is 9.96. The highest BCUT2D eigenvalue weighted by molar-refractivity contribution is 6.18.